The second-order valence-corrected chi connectivity index (χ2v) is 6.46. The number of carbonyl (C=O) groups is 1. The number of rotatable bonds is 7. The molecule has 1 aliphatic rings. The fraction of sp³-hybridized carbons (Fsp3) is 0.650. The van der Waals surface area contributed by atoms with Crippen LogP contribution in [0.2, 0.25) is 0 Å². The van der Waals surface area contributed by atoms with E-state index in [2.05, 4.69) is 45.9 Å². The molecule has 0 bridgehead atoms. The lowest BCUT2D eigenvalue weighted by Gasteiger charge is -2.36. The van der Waals surface area contributed by atoms with E-state index < -0.39 is 6.10 Å². The van der Waals surface area contributed by atoms with Crippen molar-refractivity contribution in [2.24, 2.45) is 5.41 Å². The van der Waals surface area contributed by atoms with Crippen LogP contribution in [0.25, 0.3) is 0 Å². The minimum atomic E-state index is -0.801. The third-order valence-corrected chi connectivity index (χ3v) is 5.08. The van der Waals surface area contributed by atoms with Crippen molar-refractivity contribution < 1.29 is 9.90 Å². The summed E-state index contributed by atoms with van der Waals surface area (Å²) in [6.07, 6.45) is 11.6. The summed E-state index contributed by atoms with van der Waals surface area (Å²) in [4.78, 5) is 12.2. The topological polar surface area (TPSA) is 37.3 Å². The Balaban J connectivity index is 3.16. The van der Waals surface area contributed by atoms with Gasteiger partial charge in [0.15, 0.2) is 5.78 Å². The molecule has 0 saturated carbocycles. The molecule has 124 valence electrons. The summed E-state index contributed by atoms with van der Waals surface area (Å²) in [6, 6.07) is 0. The number of ketones is 1. The summed E-state index contributed by atoms with van der Waals surface area (Å²) in [7, 11) is 0. The summed E-state index contributed by atoms with van der Waals surface area (Å²) in [5.41, 5.74) is 3.24. The highest BCUT2D eigenvalue weighted by Gasteiger charge is 2.35. The van der Waals surface area contributed by atoms with Crippen molar-refractivity contribution in [3.8, 4) is 0 Å². The van der Waals surface area contributed by atoms with Gasteiger partial charge in [-0.2, -0.15) is 0 Å². The van der Waals surface area contributed by atoms with Gasteiger partial charge in [0.1, 0.15) is 6.10 Å². The Morgan fingerprint density at radius 1 is 1.32 bits per heavy atom. The first-order valence-electron chi connectivity index (χ1n) is 8.70. The van der Waals surface area contributed by atoms with E-state index >= 15 is 0 Å². The zero-order valence-corrected chi connectivity index (χ0v) is 14.9. The molecule has 0 aromatic rings. The van der Waals surface area contributed by atoms with Gasteiger partial charge in [-0.3, -0.25) is 4.79 Å². The third kappa shape index (κ3) is 4.19. The quantitative estimate of drug-likeness (QED) is 0.662. The standard InChI is InChI=1S/C20H32O2/c1-6-9-10-15(4)13-14-20(7-2,8-3)17-11-12-18(21)19(22)16(17)5/h10,13-14,18,21H,6-9,11-12H2,1-5H3/b14-13+,15-10+. The van der Waals surface area contributed by atoms with Crippen molar-refractivity contribution in [2.45, 2.75) is 79.2 Å². The molecule has 0 aliphatic heterocycles. The fourth-order valence-corrected chi connectivity index (χ4v) is 3.36. The van der Waals surface area contributed by atoms with Gasteiger partial charge in [0, 0.05) is 5.41 Å². The molecule has 0 saturated heterocycles. The average Bonchev–Trinajstić information content (AvgIpc) is 2.53. The van der Waals surface area contributed by atoms with Crippen LogP contribution < -0.4 is 0 Å². The first-order valence-corrected chi connectivity index (χ1v) is 8.70. The van der Waals surface area contributed by atoms with Crippen LogP contribution in [-0.4, -0.2) is 17.0 Å². The van der Waals surface area contributed by atoms with Crippen LogP contribution in [0.3, 0.4) is 0 Å². The van der Waals surface area contributed by atoms with Crippen LogP contribution in [-0.2, 0) is 4.79 Å². The summed E-state index contributed by atoms with van der Waals surface area (Å²) in [5.74, 6) is -0.0841. The molecule has 0 aromatic carbocycles. The van der Waals surface area contributed by atoms with E-state index in [0.717, 1.165) is 37.7 Å². The largest absolute Gasteiger partial charge is 0.385 e. The fourth-order valence-electron chi connectivity index (χ4n) is 3.36. The lowest BCUT2D eigenvalue weighted by molar-refractivity contribution is -0.124. The normalized spacial score (nSPS) is 21.1. The molecule has 1 aliphatic carbocycles. The molecule has 0 fully saturated rings. The minimum absolute atomic E-state index is 0.0544. The molecule has 2 heteroatoms. The van der Waals surface area contributed by atoms with E-state index in [1.54, 1.807) is 0 Å². The molecule has 0 amide bonds. The van der Waals surface area contributed by atoms with E-state index in [0.29, 0.717) is 6.42 Å². The van der Waals surface area contributed by atoms with Gasteiger partial charge in [0.25, 0.3) is 0 Å². The van der Waals surface area contributed by atoms with Crippen molar-refractivity contribution in [2.75, 3.05) is 0 Å². The SMILES string of the molecule is CCC/C=C(C)/C=C/C(CC)(CC)C1=C(C)C(=O)C(O)CC1. The van der Waals surface area contributed by atoms with Gasteiger partial charge in [0.2, 0.25) is 0 Å². The van der Waals surface area contributed by atoms with E-state index in [4.69, 9.17) is 0 Å². The van der Waals surface area contributed by atoms with Gasteiger partial charge in [0.05, 0.1) is 0 Å². The van der Waals surface area contributed by atoms with Crippen LogP contribution in [0.1, 0.15) is 73.1 Å². The van der Waals surface area contributed by atoms with Crippen molar-refractivity contribution in [3.05, 3.63) is 34.9 Å². The summed E-state index contributed by atoms with van der Waals surface area (Å²) < 4.78 is 0. The molecule has 1 N–H and O–H groups in total. The maximum atomic E-state index is 12.2. The lowest BCUT2D eigenvalue weighted by Crippen LogP contribution is -2.32. The zero-order chi connectivity index (χ0) is 16.8. The lowest BCUT2D eigenvalue weighted by atomic mass is 9.68. The van der Waals surface area contributed by atoms with Crippen molar-refractivity contribution in [1.82, 2.24) is 0 Å². The number of aliphatic hydroxyl groups is 1. The van der Waals surface area contributed by atoms with Gasteiger partial charge in [-0.25, -0.2) is 0 Å². The Hall–Kier alpha value is -1.15. The van der Waals surface area contributed by atoms with Crippen molar-refractivity contribution >= 4 is 5.78 Å². The molecule has 2 nitrogen and oxygen atoms in total. The minimum Gasteiger partial charge on any atom is -0.385 e. The van der Waals surface area contributed by atoms with Crippen LogP contribution in [0.15, 0.2) is 34.9 Å². The highest BCUT2D eigenvalue weighted by atomic mass is 16.3. The van der Waals surface area contributed by atoms with Gasteiger partial charge in [-0.15, -0.1) is 0 Å². The molecule has 0 radical (unpaired) electrons. The monoisotopic (exact) mass is 304 g/mol. The molecule has 1 rings (SSSR count). The number of hydrogen-bond acceptors (Lipinski definition) is 2. The number of carbonyl (C=O) groups excluding carboxylic acids is 1. The first-order chi connectivity index (χ1) is 10.4. The molecule has 1 unspecified atom stereocenters. The molecule has 0 heterocycles. The highest BCUT2D eigenvalue weighted by Crippen LogP contribution is 2.43. The predicted molar refractivity (Wildman–Crippen MR) is 93.8 cm³/mol. The van der Waals surface area contributed by atoms with E-state index in [1.807, 2.05) is 6.92 Å². The summed E-state index contributed by atoms with van der Waals surface area (Å²) in [6.45, 7) is 10.6. The Morgan fingerprint density at radius 3 is 2.50 bits per heavy atom. The Morgan fingerprint density at radius 2 is 1.95 bits per heavy atom. The summed E-state index contributed by atoms with van der Waals surface area (Å²) >= 11 is 0. The number of allylic oxidation sites excluding steroid dienone is 5. The molecular formula is C20H32O2. The van der Waals surface area contributed by atoms with Crippen LogP contribution in [0.4, 0.5) is 0 Å². The van der Waals surface area contributed by atoms with Crippen molar-refractivity contribution in [1.29, 1.82) is 0 Å². The Labute approximate surface area is 136 Å². The molecule has 0 aromatic heterocycles. The van der Waals surface area contributed by atoms with Crippen molar-refractivity contribution in [3.63, 3.8) is 0 Å². The summed E-state index contributed by atoms with van der Waals surface area (Å²) in [5, 5.41) is 9.78. The smallest absolute Gasteiger partial charge is 0.186 e. The van der Waals surface area contributed by atoms with Gasteiger partial charge in [-0.05, 0) is 51.5 Å². The highest BCUT2D eigenvalue weighted by molar-refractivity contribution is 5.99. The van der Waals surface area contributed by atoms with Crippen LogP contribution >= 0.6 is 0 Å². The maximum absolute atomic E-state index is 12.2. The van der Waals surface area contributed by atoms with E-state index in [1.165, 1.54) is 11.1 Å². The predicted octanol–water partition coefficient (Wildman–Crippen LogP) is 5.14. The third-order valence-electron chi connectivity index (χ3n) is 5.08. The molecule has 0 spiro atoms. The van der Waals surface area contributed by atoms with Gasteiger partial charge < -0.3 is 5.11 Å². The second kappa shape index (κ2) is 8.47. The molecular weight excluding hydrogens is 272 g/mol. The maximum Gasteiger partial charge on any atom is 0.186 e. The Bertz CT molecular complexity index is 476. The van der Waals surface area contributed by atoms with Gasteiger partial charge in [-0.1, -0.05) is 56.6 Å². The zero-order valence-electron chi connectivity index (χ0n) is 14.9. The van der Waals surface area contributed by atoms with Crippen LogP contribution in [0, 0.1) is 5.41 Å². The average molecular weight is 304 g/mol. The molecule has 22 heavy (non-hydrogen) atoms. The number of unbranched alkanes of at least 4 members (excludes halogenated alkanes) is 1. The van der Waals surface area contributed by atoms with Crippen LogP contribution in [0.5, 0.6) is 0 Å². The Kier molecular flexibility index (Phi) is 7.28. The van der Waals surface area contributed by atoms with E-state index in [-0.39, 0.29) is 11.2 Å². The number of aliphatic hydroxyl groups excluding tert-OH is 1. The molecule has 1 atom stereocenters. The number of hydrogen-bond donors (Lipinski definition) is 1. The first kappa shape index (κ1) is 18.9. The number of Topliss-reactive ketones (excluding diaryl/α,β-unsaturated/α-hetero) is 1. The second-order valence-electron chi connectivity index (χ2n) is 6.46. The van der Waals surface area contributed by atoms with E-state index in [9.17, 15) is 9.90 Å². The van der Waals surface area contributed by atoms with Gasteiger partial charge >= 0.3 is 0 Å².